The second-order valence-corrected chi connectivity index (χ2v) is 7.35. The summed E-state index contributed by atoms with van der Waals surface area (Å²) in [5, 5.41) is 3.09. The molecule has 0 bridgehead atoms. The van der Waals surface area contributed by atoms with Gasteiger partial charge in [-0.1, -0.05) is 30.7 Å². The normalized spacial score (nSPS) is 11.2. The first-order chi connectivity index (χ1) is 10.4. The first-order valence-electron chi connectivity index (χ1n) is 6.64. The van der Waals surface area contributed by atoms with Gasteiger partial charge in [0.25, 0.3) is 0 Å². The average Bonchev–Trinajstić information content (AvgIpc) is 2.47. The number of anilines is 1. The zero-order chi connectivity index (χ0) is 16.2. The maximum absolute atomic E-state index is 12.0. The van der Waals surface area contributed by atoms with Gasteiger partial charge in [0.1, 0.15) is 5.82 Å². The predicted octanol–water partition coefficient (Wildman–Crippen LogP) is 2.71. The van der Waals surface area contributed by atoms with Gasteiger partial charge in [0.05, 0.1) is 17.1 Å². The summed E-state index contributed by atoms with van der Waals surface area (Å²) < 4.78 is 23.7. The molecule has 22 heavy (non-hydrogen) atoms. The number of nitrogens with zero attached hydrogens (tertiary/aromatic N) is 1. The van der Waals surface area contributed by atoms with Gasteiger partial charge in [-0.3, -0.25) is 4.79 Å². The molecular formula is C15H15ClN2O3S. The third-order valence-electron chi connectivity index (χ3n) is 2.99. The monoisotopic (exact) mass is 338 g/mol. The van der Waals surface area contributed by atoms with E-state index in [0.29, 0.717) is 16.4 Å². The smallest absolute Gasteiger partial charge is 0.229 e. The van der Waals surface area contributed by atoms with E-state index in [9.17, 15) is 13.2 Å². The van der Waals surface area contributed by atoms with Crippen molar-refractivity contribution in [1.29, 1.82) is 0 Å². The number of sulfone groups is 1. The van der Waals surface area contributed by atoms with Crippen molar-refractivity contribution in [3.05, 3.63) is 53.2 Å². The Hall–Kier alpha value is -1.92. The molecule has 0 atom stereocenters. The van der Waals surface area contributed by atoms with E-state index in [1.165, 1.54) is 24.4 Å². The lowest BCUT2D eigenvalue weighted by molar-refractivity contribution is -0.115. The number of carbonyl (C=O) groups is 1. The van der Waals surface area contributed by atoms with Crippen LogP contribution in [0.4, 0.5) is 5.82 Å². The lowest BCUT2D eigenvalue weighted by Crippen LogP contribution is -2.15. The number of amides is 1. The largest absolute Gasteiger partial charge is 0.310 e. The van der Waals surface area contributed by atoms with Crippen molar-refractivity contribution in [3.63, 3.8) is 0 Å². The SMILES string of the molecule is CCS(=O)(=O)c1cccc(CC(=O)Nc2cc(Cl)ccn2)c1. The van der Waals surface area contributed by atoms with E-state index in [0.717, 1.165) is 0 Å². The Bertz CT molecular complexity index is 791. The molecule has 1 aromatic heterocycles. The van der Waals surface area contributed by atoms with Crippen LogP contribution < -0.4 is 5.32 Å². The van der Waals surface area contributed by atoms with Crippen LogP contribution in [-0.2, 0) is 21.1 Å². The fraction of sp³-hybridized carbons (Fsp3) is 0.200. The number of aromatic nitrogens is 1. The van der Waals surface area contributed by atoms with Crippen LogP contribution >= 0.6 is 11.6 Å². The van der Waals surface area contributed by atoms with E-state index >= 15 is 0 Å². The van der Waals surface area contributed by atoms with Crippen molar-refractivity contribution in [2.24, 2.45) is 0 Å². The van der Waals surface area contributed by atoms with Gasteiger partial charge in [-0.15, -0.1) is 0 Å². The molecule has 0 aliphatic carbocycles. The first-order valence-corrected chi connectivity index (χ1v) is 8.67. The quantitative estimate of drug-likeness (QED) is 0.909. The Kier molecular flexibility index (Phi) is 5.15. The molecule has 0 saturated heterocycles. The highest BCUT2D eigenvalue weighted by molar-refractivity contribution is 7.91. The van der Waals surface area contributed by atoms with Crippen LogP contribution in [0.1, 0.15) is 12.5 Å². The molecule has 0 unspecified atom stereocenters. The summed E-state index contributed by atoms with van der Waals surface area (Å²) >= 11 is 5.82. The van der Waals surface area contributed by atoms with Crippen LogP contribution in [0.25, 0.3) is 0 Å². The molecule has 5 nitrogen and oxygen atoms in total. The third kappa shape index (κ3) is 4.29. The van der Waals surface area contributed by atoms with Crippen LogP contribution in [-0.4, -0.2) is 25.1 Å². The number of hydrogen-bond donors (Lipinski definition) is 1. The molecule has 0 aliphatic heterocycles. The lowest BCUT2D eigenvalue weighted by atomic mass is 10.1. The minimum atomic E-state index is -3.28. The number of pyridine rings is 1. The number of nitrogens with one attached hydrogen (secondary N) is 1. The molecule has 1 amide bonds. The highest BCUT2D eigenvalue weighted by Crippen LogP contribution is 2.15. The van der Waals surface area contributed by atoms with Gasteiger partial charge in [-0.05, 0) is 29.8 Å². The lowest BCUT2D eigenvalue weighted by Gasteiger charge is -2.07. The second kappa shape index (κ2) is 6.89. The summed E-state index contributed by atoms with van der Waals surface area (Å²) in [6, 6.07) is 9.53. The summed E-state index contributed by atoms with van der Waals surface area (Å²) in [6.07, 6.45) is 1.55. The molecule has 0 spiro atoms. The zero-order valence-corrected chi connectivity index (χ0v) is 13.5. The number of halogens is 1. The van der Waals surface area contributed by atoms with Gasteiger partial charge >= 0.3 is 0 Å². The van der Waals surface area contributed by atoms with Crippen molar-refractivity contribution >= 4 is 33.2 Å². The van der Waals surface area contributed by atoms with E-state index in [-0.39, 0.29) is 23.0 Å². The van der Waals surface area contributed by atoms with E-state index in [1.54, 1.807) is 25.1 Å². The van der Waals surface area contributed by atoms with Crippen LogP contribution in [0, 0.1) is 0 Å². The highest BCUT2D eigenvalue weighted by Gasteiger charge is 2.13. The van der Waals surface area contributed by atoms with Gasteiger partial charge < -0.3 is 5.32 Å². The van der Waals surface area contributed by atoms with Crippen LogP contribution in [0.15, 0.2) is 47.5 Å². The molecule has 2 rings (SSSR count). The number of carbonyl (C=O) groups excluding carboxylic acids is 1. The summed E-state index contributed by atoms with van der Waals surface area (Å²) in [7, 11) is -3.28. The number of rotatable bonds is 5. The van der Waals surface area contributed by atoms with Gasteiger partial charge in [0.2, 0.25) is 5.91 Å². The summed E-state index contributed by atoms with van der Waals surface area (Å²) in [5.74, 6) is 0.0883. The molecule has 0 saturated carbocycles. The van der Waals surface area contributed by atoms with E-state index < -0.39 is 9.84 Å². The standard InChI is InChI=1S/C15H15ClN2O3S/c1-2-22(20,21)13-5-3-4-11(8-13)9-15(19)18-14-10-12(16)6-7-17-14/h3-8,10H,2,9H2,1H3,(H,17,18,19). The second-order valence-electron chi connectivity index (χ2n) is 4.64. The molecule has 2 aromatic rings. The number of hydrogen-bond acceptors (Lipinski definition) is 4. The van der Waals surface area contributed by atoms with Crippen LogP contribution in [0.2, 0.25) is 5.02 Å². The third-order valence-corrected chi connectivity index (χ3v) is 4.96. The van der Waals surface area contributed by atoms with Gasteiger partial charge in [0, 0.05) is 11.2 Å². The zero-order valence-electron chi connectivity index (χ0n) is 11.9. The van der Waals surface area contributed by atoms with E-state index in [2.05, 4.69) is 10.3 Å². The van der Waals surface area contributed by atoms with Crippen molar-refractivity contribution in [3.8, 4) is 0 Å². The van der Waals surface area contributed by atoms with E-state index in [4.69, 9.17) is 11.6 Å². The van der Waals surface area contributed by atoms with Crippen molar-refractivity contribution in [1.82, 2.24) is 4.98 Å². The van der Waals surface area contributed by atoms with Crippen LogP contribution in [0.5, 0.6) is 0 Å². The maximum Gasteiger partial charge on any atom is 0.229 e. The highest BCUT2D eigenvalue weighted by atomic mass is 35.5. The van der Waals surface area contributed by atoms with E-state index in [1.807, 2.05) is 0 Å². The molecule has 1 heterocycles. The average molecular weight is 339 g/mol. The first kappa shape index (κ1) is 16.5. The Balaban J connectivity index is 2.11. The Morgan fingerprint density at radius 3 is 2.73 bits per heavy atom. The fourth-order valence-electron chi connectivity index (χ4n) is 1.86. The maximum atomic E-state index is 12.0. The molecule has 0 fully saturated rings. The fourth-order valence-corrected chi connectivity index (χ4v) is 2.97. The van der Waals surface area contributed by atoms with Crippen molar-refractivity contribution in [2.75, 3.05) is 11.1 Å². The van der Waals surface area contributed by atoms with Gasteiger partial charge in [-0.2, -0.15) is 0 Å². The van der Waals surface area contributed by atoms with Crippen LogP contribution in [0.3, 0.4) is 0 Å². The Morgan fingerprint density at radius 1 is 1.27 bits per heavy atom. The number of benzene rings is 1. The molecule has 1 N–H and O–H groups in total. The molecule has 0 radical (unpaired) electrons. The Morgan fingerprint density at radius 2 is 2.05 bits per heavy atom. The molecular weight excluding hydrogens is 324 g/mol. The molecule has 7 heteroatoms. The molecule has 116 valence electrons. The minimum Gasteiger partial charge on any atom is -0.310 e. The Labute approximate surface area is 134 Å². The summed E-state index contributed by atoms with van der Waals surface area (Å²) in [4.78, 5) is 16.2. The summed E-state index contributed by atoms with van der Waals surface area (Å²) in [6.45, 7) is 1.58. The van der Waals surface area contributed by atoms with Gasteiger partial charge in [0.15, 0.2) is 9.84 Å². The van der Waals surface area contributed by atoms with Crippen molar-refractivity contribution < 1.29 is 13.2 Å². The van der Waals surface area contributed by atoms with Gasteiger partial charge in [-0.25, -0.2) is 13.4 Å². The summed E-state index contributed by atoms with van der Waals surface area (Å²) in [5.41, 5.74) is 0.619. The molecule has 0 aliphatic rings. The predicted molar refractivity (Wildman–Crippen MR) is 85.7 cm³/mol. The van der Waals surface area contributed by atoms with Crippen molar-refractivity contribution in [2.45, 2.75) is 18.2 Å². The topological polar surface area (TPSA) is 76.1 Å². The molecule has 1 aromatic carbocycles. The minimum absolute atomic E-state index is 0.0229.